The van der Waals surface area contributed by atoms with Crippen molar-refractivity contribution >= 4 is 5.97 Å². The van der Waals surface area contributed by atoms with Gasteiger partial charge in [-0.1, -0.05) is 54.1 Å². The van der Waals surface area contributed by atoms with Crippen molar-refractivity contribution in [2.75, 3.05) is 0 Å². The highest BCUT2D eigenvalue weighted by molar-refractivity contribution is 5.72. The predicted octanol–water partition coefficient (Wildman–Crippen LogP) is 6.15. The summed E-state index contributed by atoms with van der Waals surface area (Å²) in [6.45, 7) is 2.03. The molecule has 0 amide bonds. The second kappa shape index (κ2) is 9.03. The number of hydrogen-bond donors (Lipinski definition) is 1. The molecule has 3 aromatic carbocycles. The average Bonchev–Trinajstić information content (AvgIpc) is 2.71. The first-order chi connectivity index (χ1) is 14.2. The first-order valence-corrected chi connectivity index (χ1v) is 9.45. The number of aliphatic carboxylic acids is 1. The highest BCUT2D eigenvalue weighted by atomic mass is 19.4. The molecule has 0 aromatic heterocycles. The summed E-state index contributed by atoms with van der Waals surface area (Å²) in [5.41, 5.74) is 3.49. The van der Waals surface area contributed by atoms with Crippen molar-refractivity contribution in [3.8, 4) is 16.9 Å². The molecule has 3 rings (SSSR count). The van der Waals surface area contributed by atoms with E-state index in [4.69, 9.17) is 4.74 Å². The van der Waals surface area contributed by atoms with Crippen LogP contribution in [0.2, 0.25) is 0 Å². The lowest BCUT2D eigenvalue weighted by atomic mass is 10.0. The minimum absolute atomic E-state index is 0.0881. The number of carbonyl (C=O) groups is 1. The number of ether oxygens (including phenoxy) is 1. The van der Waals surface area contributed by atoms with Gasteiger partial charge in [0, 0.05) is 0 Å². The molecule has 0 saturated carbocycles. The summed E-state index contributed by atoms with van der Waals surface area (Å²) in [5.74, 6) is -1.07. The van der Waals surface area contributed by atoms with Crippen molar-refractivity contribution in [1.82, 2.24) is 0 Å². The number of rotatable bonds is 7. The van der Waals surface area contributed by atoms with Crippen LogP contribution in [0.3, 0.4) is 0 Å². The van der Waals surface area contributed by atoms with Crippen LogP contribution in [0.5, 0.6) is 5.75 Å². The number of benzene rings is 3. The van der Waals surface area contributed by atoms with Crippen molar-refractivity contribution in [3.05, 3.63) is 89.5 Å². The van der Waals surface area contributed by atoms with Crippen molar-refractivity contribution in [2.45, 2.75) is 32.0 Å². The number of aryl methyl sites for hydroxylation is 2. The Balaban J connectivity index is 1.62. The molecule has 1 atom stereocenters. The van der Waals surface area contributed by atoms with E-state index in [1.165, 1.54) is 5.56 Å². The summed E-state index contributed by atoms with van der Waals surface area (Å²) in [5, 5.41) is 9.41. The maximum Gasteiger partial charge on any atom is 0.416 e. The molecule has 1 unspecified atom stereocenters. The minimum Gasteiger partial charge on any atom is -0.479 e. The normalized spacial score (nSPS) is 12.4. The third-order valence-corrected chi connectivity index (χ3v) is 4.77. The van der Waals surface area contributed by atoms with Crippen molar-refractivity contribution in [3.63, 3.8) is 0 Å². The Morgan fingerprint density at radius 3 is 1.93 bits per heavy atom. The number of alkyl halides is 3. The van der Waals surface area contributed by atoms with Gasteiger partial charge in [-0.15, -0.1) is 0 Å². The summed E-state index contributed by atoms with van der Waals surface area (Å²) in [6, 6.07) is 20.0. The summed E-state index contributed by atoms with van der Waals surface area (Å²) in [7, 11) is 0. The largest absolute Gasteiger partial charge is 0.479 e. The SMILES string of the molecule is Cc1ccc(-c2ccc(CCC(Oc3ccc(C(F)(F)F)cc3)C(=O)O)cc2)cc1. The molecule has 6 heteroatoms. The molecule has 1 N–H and O–H groups in total. The summed E-state index contributed by atoms with van der Waals surface area (Å²) >= 11 is 0. The molecule has 0 bridgehead atoms. The molecule has 3 aromatic rings. The van der Waals surface area contributed by atoms with Gasteiger partial charge >= 0.3 is 12.1 Å². The van der Waals surface area contributed by atoms with Crippen LogP contribution in [0, 0.1) is 6.92 Å². The van der Waals surface area contributed by atoms with Gasteiger partial charge in [-0.05, 0) is 60.7 Å². The van der Waals surface area contributed by atoms with Gasteiger partial charge in [-0.3, -0.25) is 0 Å². The second-order valence-electron chi connectivity index (χ2n) is 7.07. The Morgan fingerprint density at radius 1 is 0.900 bits per heavy atom. The molecule has 0 aliphatic carbocycles. The van der Waals surface area contributed by atoms with Crippen LogP contribution >= 0.6 is 0 Å². The van der Waals surface area contributed by atoms with Crippen LogP contribution in [0.1, 0.15) is 23.1 Å². The molecular weight excluding hydrogens is 393 g/mol. The van der Waals surface area contributed by atoms with Gasteiger partial charge in [0.2, 0.25) is 0 Å². The predicted molar refractivity (Wildman–Crippen MR) is 108 cm³/mol. The Kier molecular flexibility index (Phi) is 6.45. The van der Waals surface area contributed by atoms with E-state index in [0.717, 1.165) is 41.0 Å². The fourth-order valence-electron chi connectivity index (χ4n) is 3.03. The zero-order valence-corrected chi connectivity index (χ0v) is 16.3. The van der Waals surface area contributed by atoms with Gasteiger partial charge in [-0.25, -0.2) is 4.79 Å². The van der Waals surface area contributed by atoms with E-state index < -0.39 is 23.8 Å². The molecule has 30 heavy (non-hydrogen) atoms. The van der Waals surface area contributed by atoms with Crippen LogP contribution in [0.4, 0.5) is 13.2 Å². The third kappa shape index (κ3) is 5.63. The molecule has 0 spiro atoms. The van der Waals surface area contributed by atoms with E-state index in [9.17, 15) is 23.1 Å². The lowest BCUT2D eigenvalue weighted by Gasteiger charge is -2.16. The van der Waals surface area contributed by atoms with Crippen molar-refractivity contribution in [2.24, 2.45) is 0 Å². The van der Waals surface area contributed by atoms with Gasteiger partial charge < -0.3 is 9.84 Å². The van der Waals surface area contributed by atoms with Gasteiger partial charge in [0.25, 0.3) is 0 Å². The summed E-state index contributed by atoms with van der Waals surface area (Å²) in [6.07, 6.45) is -4.94. The molecule has 0 heterocycles. The van der Waals surface area contributed by atoms with Gasteiger partial charge in [0.05, 0.1) is 5.56 Å². The van der Waals surface area contributed by atoms with E-state index in [0.29, 0.717) is 6.42 Å². The van der Waals surface area contributed by atoms with Crippen molar-refractivity contribution < 1.29 is 27.8 Å². The molecule has 0 radical (unpaired) electrons. The fourth-order valence-corrected chi connectivity index (χ4v) is 3.03. The molecule has 0 fully saturated rings. The van der Waals surface area contributed by atoms with Gasteiger partial charge in [0.15, 0.2) is 6.10 Å². The standard InChI is InChI=1S/C24H21F3O3/c1-16-2-7-18(8-3-16)19-9-4-17(5-10-19)6-15-22(23(28)29)30-21-13-11-20(12-14-21)24(25,26)27/h2-5,7-14,22H,6,15H2,1H3,(H,28,29). The quantitative estimate of drug-likeness (QED) is 0.505. The van der Waals surface area contributed by atoms with Crippen LogP contribution < -0.4 is 4.74 Å². The molecule has 3 nitrogen and oxygen atoms in total. The molecule has 0 aliphatic heterocycles. The van der Waals surface area contributed by atoms with E-state index in [2.05, 4.69) is 0 Å². The maximum atomic E-state index is 12.6. The molecular formula is C24H21F3O3. The van der Waals surface area contributed by atoms with Gasteiger partial charge in [-0.2, -0.15) is 13.2 Å². The first-order valence-electron chi connectivity index (χ1n) is 9.45. The molecule has 0 aliphatic rings. The highest BCUT2D eigenvalue weighted by Gasteiger charge is 2.30. The second-order valence-corrected chi connectivity index (χ2v) is 7.07. The maximum absolute atomic E-state index is 12.6. The number of halogens is 3. The molecule has 0 saturated heterocycles. The Hall–Kier alpha value is -3.28. The van der Waals surface area contributed by atoms with Crippen molar-refractivity contribution in [1.29, 1.82) is 0 Å². The van der Waals surface area contributed by atoms with E-state index >= 15 is 0 Å². The minimum atomic E-state index is -4.45. The third-order valence-electron chi connectivity index (χ3n) is 4.77. The van der Waals surface area contributed by atoms with Crippen LogP contribution in [0.25, 0.3) is 11.1 Å². The van der Waals surface area contributed by atoms with Crippen LogP contribution in [-0.2, 0) is 17.4 Å². The summed E-state index contributed by atoms with van der Waals surface area (Å²) in [4.78, 5) is 11.5. The first kappa shape index (κ1) is 21.4. The zero-order chi connectivity index (χ0) is 21.7. The van der Waals surface area contributed by atoms with E-state index in [1.54, 1.807) is 0 Å². The average molecular weight is 414 g/mol. The number of carboxylic acid groups (broad SMARTS) is 1. The highest BCUT2D eigenvalue weighted by Crippen LogP contribution is 2.30. The molecule has 156 valence electrons. The van der Waals surface area contributed by atoms with Crippen LogP contribution in [-0.4, -0.2) is 17.2 Å². The lowest BCUT2D eigenvalue weighted by Crippen LogP contribution is -2.27. The lowest BCUT2D eigenvalue weighted by molar-refractivity contribution is -0.145. The van der Waals surface area contributed by atoms with E-state index in [-0.39, 0.29) is 12.2 Å². The topological polar surface area (TPSA) is 46.5 Å². The number of carboxylic acids is 1. The Labute approximate surface area is 172 Å². The van der Waals surface area contributed by atoms with Gasteiger partial charge in [0.1, 0.15) is 5.75 Å². The van der Waals surface area contributed by atoms with E-state index in [1.807, 2.05) is 55.5 Å². The zero-order valence-electron chi connectivity index (χ0n) is 16.3. The fraction of sp³-hybridized carbons (Fsp3) is 0.208. The number of hydrogen-bond acceptors (Lipinski definition) is 2. The summed E-state index contributed by atoms with van der Waals surface area (Å²) < 4.78 is 43.3. The smallest absolute Gasteiger partial charge is 0.416 e. The Bertz CT molecular complexity index is 976. The Morgan fingerprint density at radius 2 is 1.43 bits per heavy atom. The monoisotopic (exact) mass is 414 g/mol. The van der Waals surface area contributed by atoms with Crippen LogP contribution in [0.15, 0.2) is 72.8 Å².